The molecule has 0 unspecified atom stereocenters. The molecule has 0 aromatic carbocycles. The molecule has 0 aliphatic carbocycles. The molecule has 1 aromatic heterocycles. The molecule has 0 spiro atoms. The summed E-state index contributed by atoms with van der Waals surface area (Å²) in [6, 6.07) is 1.64. The van der Waals surface area contributed by atoms with Crippen LogP contribution in [0.5, 0.6) is 0 Å². The van der Waals surface area contributed by atoms with E-state index in [2.05, 4.69) is 15.7 Å². The van der Waals surface area contributed by atoms with E-state index in [0.717, 1.165) is 0 Å². The lowest BCUT2D eigenvalue weighted by molar-refractivity contribution is 0.238. The lowest BCUT2D eigenvalue weighted by atomic mass is 10.1. The third-order valence-corrected chi connectivity index (χ3v) is 4.94. The van der Waals surface area contributed by atoms with Crippen molar-refractivity contribution in [1.29, 1.82) is 0 Å². The zero-order chi connectivity index (χ0) is 16.3. The Hall–Kier alpha value is -1.61. The van der Waals surface area contributed by atoms with Crippen LogP contribution in [0.2, 0.25) is 0 Å². The minimum absolute atomic E-state index is 0.0230. The molecule has 0 saturated carbocycles. The van der Waals surface area contributed by atoms with Gasteiger partial charge in [0.2, 0.25) is 10.0 Å². The van der Waals surface area contributed by atoms with Crippen molar-refractivity contribution in [1.82, 2.24) is 19.4 Å². The summed E-state index contributed by atoms with van der Waals surface area (Å²) in [5.41, 5.74) is 0. The van der Waals surface area contributed by atoms with Crippen LogP contribution in [0.15, 0.2) is 12.3 Å². The molecule has 0 atom stereocenters. The molecule has 1 aliphatic rings. The molecule has 22 heavy (non-hydrogen) atoms. The number of nitrogens with one attached hydrogen (secondary N) is 2. The summed E-state index contributed by atoms with van der Waals surface area (Å²) in [6.07, 6.45) is 4.24. The second kappa shape index (κ2) is 6.66. The Kier molecular flexibility index (Phi) is 5.07. The lowest BCUT2D eigenvalue weighted by Crippen LogP contribution is -2.47. The van der Waals surface area contributed by atoms with E-state index in [-0.39, 0.29) is 18.1 Å². The number of hydrogen-bond acceptors (Lipinski definition) is 4. The van der Waals surface area contributed by atoms with Gasteiger partial charge in [0.25, 0.3) is 0 Å². The largest absolute Gasteiger partial charge is 0.335 e. The van der Waals surface area contributed by atoms with Gasteiger partial charge in [-0.2, -0.15) is 5.10 Å². The van der Waals surface area contributed by atoms with Crippen molar-refractivity contribution >= 4 is 21.9 Å². The zero-order valence-corrected chi connectivity index (χ0v) is 13.9. The Morgan fingerprint density at radius 2 is 2.00 bits per heavy atom. The van der Waals surface area contributed by atoms with E-state index >= 15 is 0 Å². The number of piperidine rings is 1. The summed E-state index contributed by atoms with van der Waals surface area (Å²) in [4.78, 5) is 11.9. The lowest BCUT2D eigenvalue weighted by Gasteiger charge is -2.30. The van der Waals surface area contributed by atoms with E-state index in [1.54, 1.807) is 10.7 Å². The SMILES string of the molecule is CC(C)n1ccc(NC(=O)NC2CCN(S(C)(=O)=O)CC2)n1. The van der Waals surface area contributed by atoms with E-state index in [4.69, 9.17) is 0 Å². The first kappa shape index (κ1) is 16.8. The number of anilines is 1. The van der Waals surface area contributed by atoms with Gasteiger partial charge < -0.3 is 5.32 Å². The maximum Gasteiger partial charge on any atom is 0.320 e. The molecule has 8 nitrogen and oxygen atoms in total. The number of amides is 2. The molecule has 1 aromatic rings. The van der Waals surface area contributed by atoms with Crippen molar-refractivity contribution in [2.45, 2.75) is 38.8 Å². The Balaban J connectivity index is 1.80. The maximum atomic E-state index is 11.9. The van der Waals surface area contributed by atoms with E-state index in [0.29, 0.717) is 31.7 Å². The topological polar surface area (TPSA) is 96.3 Å². The van der Waals surface area contributed by atoms with E-state index < -0.39 is 10.0 Å². The van der Waals surface area contributed by atoms with Gasteiger partial charge in [0, 0.05) is 37.4 Å². The number of urea groups is 1. The van der Waals surface area contributed by atoms with Crippen molar-refractivity contribution in [2.24, 2.45) is 0 Å². The van der Waals surface area contributed by atoms with Gasteiger partial charge in [0.05, 0.1) is 6.26 Å². The fraction of sp³-hybridized carbons (Fsp3) is 0.692. The minimum Gasteiger partial charge on any atom is -0.335 e. The Labute approximate surface area is 130 Å². The van der Waals surface area contributed by atoms with Gasteiger partial charge in [-0.15, -0.1) is 0 Å². The Bertz CT molecular complexity index is 617. The van der Waals surface area contributed by atoms with E-state index in [9.17, 15) is 13.2 Å². The Morgan fingerprint density at radius 1 is 1.36 bits per heavy atom. The first-order chi connectivity index (χ1) is 10.3. The van der Waals surface area contributed by atoms with E-state index in [1.807, 2.05) is 20.0 Å². The number of rotatable bonds is 4. The van der Waals surface area contributed by atoms with Gasteiger partial charge in [-0.25, -0.2) is 17.5 Å². The average molecular weight is 329 g/mol. The molecule has 1 saturated heterocycles. The van der Waals surface area contributed by atoms with Crippen LogP contribution in [0.4, 0.5) is 10.6 Å². The summed E-state index contributed by atoms with van der Waals surface area (Å²) < 4.78 is 26.1. The number of carbonyl (C=O) groups is 1. The van der Waals surface area contributed by atoms with Gasteiger partial charge in [-0.3, -0.25) is 10.00 Å². The highest BCUT2D eigenvalue weighted by Crippen LogP contribution is 2.13. The van der Waals surface area contributed by atoms with Crippen molar-refractivity contribution in [3.63, 3.8) is 0 Å². The van der Waals surface area contributed by atoms with Crippen LogP contribution in [0.25, 0.3) is 0 Å². The quantitative estimate of drug-likeness (QED) is 0.861. The highest BCUT2D eigenvalue weighted by atomic mass is 32.2. The molecule has 2 rings (SSSR count). The number of sulfonamides is 1. The first-order valence-corrected chi connectivity index (χ1v) is 9.18. The van der Waals surface area contributed by atoms with Crippen LogP contribution >= 0.6 is 0 Å². The highest BCUT2D eigenvalue weighted by molar-refractivity contribution is 7.88. The predicted octanol–water partition coefficient (Wildman–Crippen LogP) is 1.01. The van der Waals surface area contributed by atoms with Crippen LogP contribution < -0.4 is 10.6 Å². The maximum absolute atomic E-state index is 11.9. The minimum atomic E-state index is -3.14. The molecule has 1 aliphatic heterocycles. The van der Waals surface area contributed by atoms with Crippen LogP contribution in [0.1, 0.15) is 32.7 Å². The smallest absolute Gasteiger partial charge is 0.320 e. The summed E-state index contributed by atoms with van der Waals surface area (Å²) >= 11 is 0. The number of nitrogens with zero attached hydrogens (tertiary/aromatic N) is 3. The van der Waals surface area contributed by atoms with Crippen molar-refractivity contribution < 1.29 is 13.2 Å². The normalized spacial score (nSPS) is 17.6. The van der Waals surface area contributed by atoms with Gasteiger partial charge in [0.15, 0.2) is 5.82 Å². The Morgan fingerprint density at radius 3 is 2.50 bits per heavy atom. The monoisotopic (exact) mass is 329 g/mol. The number of aromatic nitrogens is 2. The van der Waals surface area contributed by atoms with Gasteiger partial charge in [-0.1, -0.05) is 0 Å². The van der Waals surface area contributed by atoms with Gasteiger partial charge in [-0.05, 0) is 26.7 Å². The molecular formula is C13H23N5O3S. The van der Waals surface area contributed by atoms with Crippen molar-refractivity contribution in [3.05, 3.63) is 12.3 Å². The molecule has 9 heteroatoms. The molecule has 0 radical (unpaired) electrons. The zero-order valence-electron chi connectivity index (χ0n) is 13.1. The van der Waals surface area contributed by atoms with Gasteiger partial charge in [0.1, 0.15) is 0 Å². The van der Waals surface area contributed by atoms with Crippen molar-refractivity contribution in [3.8, 4) is 0 Å². The molecular weight excluding hydrogens is 306 g/mol. The predicted molar refractivity (Wildman–Crippen MR) is 84.2 cm³/mol. The molecule has 1 fully saturated rings. The third kappa shape index (κ3) is 4.44. The number of carbonyl (C=O) groups excluding carboxylic acids is 1. The molecule has 0 bridgehead atoms. The van der Waals surface area contributed by atoms with Crippen LogP contribution in [0, 0.1) is 0 Å². The van der Waals surface area contributed by atoms with Crippen LogP contribution in [-0.4, -0.2) is 53.9 Å². The summed E-state index contributed by atoms with van der Waals surface area (Å²) in [6.45, 7) is 4.89. The average Bonchev–Trinajstić information content (AvgIpc) is 2.86. The molecule has 2 heterocycles. The van der Waals surface area contributed by atoms with Crippen molar-refractivity contribution in [2.75, 3.05) is 24.7 Å². The second-order valence-corrected chi connectivity index (χ2v) is 7.79. The third-order valence-electron chi connectivity index (χ3n) is 3.64. The van der Waals surface area contributed by atoms with Gasteiger partial charge >= 0.3 is 6.03 Å². The fourth-order valence-corrected chi connectivity index (χ4v) is 3.24. The van der Waals surface area contributed by atoms with Crippen LogP contribution in [-0.2, 0) is 10.0 Å². The van der Waals surface area contributed by atoms with E-state index in [1.165, 1.54) is 10.6 Å². The standard InChI is InChI=1S/C13H23N5O3S/c1-10(2)18-9-6-12(16-18)15-13(19)14-11-4-7-17(8-5-11)22(3,20)21/h6,9-11H,4-5,7-8H2,1-3H3,(H2,14,15,16,19). The molecule has 124 valence electrons. The highest BCUT2D eigenvalue weighted by Gasteiger charge is 2.25. The number of hydrogen-bond donors (Lipinski definition) is 2. The van der Waals surface area contributed by atoms with Crippen LogP contribution in [0.3, 0.4) is 0 Å². The fourth-order valence-electron chi connectivity index (χ4n) is 2.36. The summed E-state index contributed by atoms with van der Waals surface area (Å²) in [5, 5.41) is 9.79. The molecule has 2 N–H and O–H groups in total. The first-order valence-electron chi connectivity index (χ1n) is 7.33. The molecule has 2 amide bonds. The summed E-state index contributed by atoms with van der Waals surface area (Å²) in [5.74, 6) is 0.500. The second-order valence-electron chi connectivity index (χ2n) is 5.81. The summed E-state index contributed by atoms with van der Waals surface area (Å²) in [7, 11) is -3.14.